The predicted octanol–water partition coefficient (Wildman–Crippen LogP) is 1.34. The van der Waals surface area contributed by atoms with E-state index in [2.05, 4.69) is 5.32 Å². The molecule has 0 bridgehead atoms. The zero-order chi connectivity index (χ0) is 14.7. The summed E-state index contributed by atoms with van der Waals surface area (Å²) in [7, 11) is 0. The molecule has 1 heterocycles. The molecule has 2 amide bonds. The van der Waals surface area contributed by atoms with Crippen LogP contribution < -0.4 is 11.1 Å². The molecule has 4 N–H and O–H groups in total. The number of carboxylic acids is 1. The van der Waals surface area contributed by atoms with Crippen molar-refractivity contribution in [3.63, 3.8) is 0 Å². The van der Waals surface area contributed by atoms with E-state index in [-0.39, 0.29) is 17.2 Å². The summed E-state index contributed by atoms with van der Waals surface area (Å²) in [6.45, 7) is 1.59. The fourth-order valence-corrected chi connectivity index (χ4v) is 2.21. The molecule has 1 aromatic rings. The number of nitrogens with two attached hydrogens (primary N) is 1. The second-order valence-corrected chi connectivity index (χ2v) is 4.76. The third-order valence-corrected chi connectivity index (χ3v) is 3.36. The van der Waals surface area contributed by atoms with Crippen molar-refractivity contribution in [3.05, 3.63) is 29.6 Å². The average molecular weight is 281 g/mol. The maximum Gasteiger partial charge on any atom is 0.337 e. The number of halogens is 1. The molecule has 1 aromatic carbocycles. The molecule has 0 aliphatic carbocycles. The van der Waals surface area contributed by atoms with Crippen LogP contribution in [0.15, 0.2) is 18.2 Å². The first kappa shape index (κ1) is 14.3. The third-order valence-electron chi connectivity index (χ3n) is 3.36. The summed E-state index contributed by atoms with van der Waals surface area (Å²) in [6.07, 6.45) is 0.818. The zero-order valence-electron chi connectivity index (χ0n) is 10.8. The second kappa shape index (κ2) is 5.87. The van der Waals surface area contributed by atoms with E-state index >= 15 is 0 Å². The summed E-state index contributed by atoms with van der Waals surface area (Å²) in [5.74, 6) is -1.57. The van der Waals surface area contributed by atoms with Crippen LogP contribution >= 0.6 is 0 Å². The fourth-order valence-electron chi connectivity index (χ4n) is 2.21. The van der Waals surface area contributed by atoms with Crippen LogP contribution in [0.3, 0.4) is 0 Å². The molecule has 1 aliphatic rings. The molecule has 6 nitrogen and oxygen atoms in total. The molecule has 0 radical (unpaired) electrons. The van der Waals surface area contributed by atoms with Gasteiger partial charge in [0.05, 0.1) is 11.3 Å². The van der Waals surface area contributed by atoms with Gasteiger partial charge >= 0.3 is 12.0 Å². The number of hydrogen-bond acceptors (Lipinski definition) is 3. The van der Waals surface area contributed by atoms with E-state index in [9.17, 15) is 14.0 Å². The Balaban J connectivity index is 2.11. The highest BCUT2D eigenvalue weighted by Crippen LogP contribution is 2.20. The molecule has 7 heteroatoms. The summed E-state index contributed by atoms with van der Waals surface area (Å²) >= 11 is 0. The highest BCUT2D eigenvalue weighted by molar-refractivity contribution is 6.00. The quantitative estimate of drug-likeness (QED) is 0.779. The van der Waals surface area contributed by atoms with E-state index < -0.39 is 17.8 Å². The van der Waals surface area contributed by atoms with Crippen LogP contribution in [0.4, 0.5) is 14.9 Å². The lowest BCUT2D eigenvalue weighted by atomic mass is 10.1. The van der Waals surface area contributed by atoms with Crippen molar-refractivity contribution in [1.29, 1.82) is 0 Å². The molecule has 1 saturated heterocycles. The van der Waals surface area contributed by atoms with Gasteiger partial charge in [-0.3, -0.25) is 0 Å². The van der Waals surface area contributed by atoms with Gasteiger partial charge in [-0.2, -0.15) is 0 Å². The van der Waals surface area contributed by atoms with Gasteiger partial charge in [-0.25, -0.2) is 14.0 Å². The number of benzene rings is 1. The first-order valence-corrected chi connectivity index (χ1v) is 6.30. The molecular formula is C13H16FN3O3. The molecule has 1 atom stereocenters. The van der Waals surface area contributed by atoms with E-state index in [1.165, 1.54) is 0 Å². The predicted molar refractivity (Wildman–Crippen MR) is 71.1 cm³/mol. The number of carbonyl (C=O) groups is 2. The zero-order valence-corrected chi connectivity index (χ0v) is 10.8. The van der Waals surface area contributed by atoms with Gasteiger partial charge in [0, 0.05) is 13.1 Å². The number of rotatable bonds is 3. The molecule has 0 saturated carbocycles. The minimum absolute atomic E-state index is 0.0429. The molecule has 1 aliphatic heterocycles. The molecule has 108 valence electrons. The number of hydrogen-bond donors (Lipinski definition) is 3. The summed E-state index contributed by atoms with van der Waals surface area (Å²) in [5, 5.41) is 11.5. The van der Waals surface area contributed by atoms with Crippen molar-refractivity contribution in [2.75, 3.05) is 25.0 Å². The van der Waals surface area contributed by atoms with Crippen LogP contribution in [0.2, 0.25) is 0 Å². The van der Waals surface area contributed by atoms with E-state index in [4.69, 9.17) is 10.8 Å². The summed E-state index contributed by atoms with van der Waals surface area (Å²) in [4.78, 5) is 24.6. The molecule has 20 heavy (non-hydrogen) atoms. The molecule has 1 fully saturated rings. The minimum Gasteiger partial charge on any atom is -0.478 e. The van der Waals surface area contributed by atoms with Crippen molar-refractivity contribution in [3.8, 4) is 0 Å². The Morgan fingerprint density at radius 1 is 1.50 bits per heavy atom. The molecule has 0 aromatic heterocycles. The highest BCUT2D eigenvalue weighted by Gasteiger charge is 2.26. The van der Waals surface area contributed by atoms with E-state index in [1.54, 1.807) is 4.90 Å². The Bertz CT molecular complexity index is 536. The van der Waals surface area contributed by atoms with Gasteiger partial charge in [0.1, 0.15) is 5.82 Å². The smallest absolute Gasteiger partial charge is 0.337 e. The largest absolute Gasteiger partial charge is 0.478 e. The number of aromatic carboxylic acids is 1. The number of nitrogens with one attached hydrogen (secondary N) is 1. The third kappa shape index (κ3) is 3.05. The number of amides is 2. The second-order valence-electron chi connectivity index (χ2n) is 4.76. The van der Waals surface area contributed by atoms with Gasteiger partial charge in [0.15, 0.2) is 0 Å². The monoisotopic (exact) mass is 281 g/mol. The Labute approximate surface area is 115 Å². The summed E-state index contributed by atoms with van der Waals surface area (Å²) in [5.41, 5.74) is 5.36. The van der Waals surface area contributed by atoms with Crippen molar-refractivity contribution < 1.29 is 19.1 Å². The van der Waals surface area contributed by atoms with Gasteiger partial charge in [-0.1, -0.05) is 0 Å². The summed E-state index contributed by atoms with van der Waals surface area (Å²) < 4.78 is 13.2. The lowest BCUT2D eigenvalue weighted by molar-refractivity contribution is 0.0698. The number of urea groups is 1. The van der Waals surface area contributed by atoms with Crippen LogP contribution in [-0.2, 0) is 0 Å². The van der Waals surface area contributed by atoms with Gasteiger partial charge in [0.25, 0.3) is 0 Å². The Morgan fingerprint density at radius 3 is 2.85 bits per heavy atom. The van der Waals surface area contributed by atoms with E-state index in [1.807, 2.05) is 0 Å². The molecular weight excluding hydrogens is 265 g/mol. The van der Waals surface area contributed by atoms with Crippen molar-refractivity contribution in [2.24, 2.45) is 11.7 Å². The van der Waals surface area contributed by atoms with Gasteiger partial charge in [-0.05, 0) is 37.1 Å². The van der Waals surface area contributed by atoms with Crippen molar-refractivity contribution in [2.45, 2.75) is 6.42 Å². The first-order chi connectivity index (χ1) is 9.51. The Morgan fingerprint density at radius 2 is 2.25 bits per heavy atom. The maximum absolute atomic E-state index is 13.2. The number of anilines is 1. The fraction of sp³-hybridized carbons (Fsp3) is 0.385. The molecule has 2 rings (SSSR count). The number of carbonyl (C=O) groups excluding carboxylic acids is 1. The van der Waals surface area contributed by atoms with Crippen molar-refractivity contribution >= 4 is 17.7 Å². The van der Waals surface area contributed by atoms with E-state index in [0.29, 0.717) is 19.6 Å². The number of nitrogens with zero attached hydrogens (tertiary/aromatic N) is 1. The Kier molecular flexibility index (Phi) is 4.19. The van der Waals surface area contributed by atoms with E-state index in [0.717, 1.165) is 24.6 Å². The number of carboxylic acid groups (broad SMARTS) is 1. The normalized spacial score (nSPS) is 18.1. The lowest BCUT2D eigenvalue weighted by Crippen LogP contribution is -2.34. The van der Waals surface area contributed by atoms with Crippen LogP contribution in [0.25, 0.3) is 0 Å². The lowest BCUT2D eigenvalue weighted by Gasteiger charge is -2.18. The topological polar surface area (TPSA) is 95.7 Å². The maximum atomic E-state index is 13.2. The van der Waals surface area contributed by atoms with Gasteiger partial charge < -0.3 is 21.1 Å². The van der Waals surface area contributed by atoms with Crippen LogP contribution in [-0.4, -0.2) is 41.6 Å². The van der Waals surface area contributed by atoms with Crippen LogP contribution in [0.5, 0.6) is 0 Å². The average Bonchev–Trinajstić information content (AvgIpc) is 2.87. The van der Waals surface area contributed by atoms with Gasteiger partial charge in [-0.15, -0.1) is 0 Å². The highest BCUT2D eigenvalue weighted by atomic mass is 19.1. The van der Waals surface area contributed by atoms with Crippen LogP contribution in [0.1, 0.15) is 16.8 Å². The Hall–Kier alpha value is -2.15. The summed E-state index contributed by atoms with van der Waals surface area (Å²) in [6, 6.07) is 2.73. The standard InChI is InChI=1S/C13H16FN3O3/c14-9-1-2-10(12(18)19)11(5-9)16-13(20)17-4-3-8(6-15)7-17/h1-2,5,8H,3-4,6-7,15H2,(H,16,20)(H,18,19). The van der Waals surface area contributed by atoms with Crippen molar-refractivity contribution in [1.82, 2.24) is 4.90 Å². The number of likely N-dealkylation sites (tertiary alicyclic amines) is 1. The van der Waals surface area contributed by atoms with Crippen LogP contribution in [0, 0.1) is 11.7 Å². The van der Waals surface area contributed by atoms with Gasteiger partial charge in [0.2, 0.25) is 0 Å². The molecule has 1 unspecified atom stereocenters. The minimum atomic E-state index is -1.22. The SMILES string of the molecule is NCC1CCN(C(=O)Nc2cc(F)ccc2C(=O)O)C1. The molecule has 0 spiro atoms. The first-order valence-electron chi connectivity index (χ1n) is 6.30.